The number of hydrogen-bond donors (Lipinski definition) is 2. The first-order valence-electron chi connectivity index (χ1n) is 7.29. The van der Waals surface area contributed by atoms with Crippen molar-refractivity contribution < 1.29 is 23.5 Å². The van der Waals surface area contributed by atoms with Crippen molar-refractivity contribution in [2.75, 3.05) is 0 Å². The molecular weight excluding hydrogens is 315 g/mol. The topological polar surface area (TPSA) is 88.3 Å². The lowest BCUT2D eigenvalue weighted by atomic mass is 10.2. The third-order valence-electron chi connectivity index (χ3n) is 3.34. The van der Waals surface area contributed by atoms with Gasteiger partial charge in [0, 0.05) is 18.3 Å². The van der Waals surface area contributed by atoms with Crippen molar-refractivity contribution in [2.24, 2.45) is 0 Å². The van der Waals surface area contributed by atoms with Gasteiger partial charge in [-0.3, -0.25) is 9.59 Å². The van der Waals surface area contributed by atoms with Gasteiger partial charge in [0.2, 0.25) is 0 Å². The summed E-state index contributed by atoms with van der Waals surface area (Å²) >= 11 is 0. The van der Waals surface area contributed by atoms with E-state index in [1.807, 2.05) is 0 Å². The van der Waals surface area contributed by atoms with E-state index in [2.05, 4.69) is 10.3 Å². The number of ether oxygens (including phenoxy) is 1. The van der Waals surface area contributed by atoms with Crippen molar-refractivity contribution in [3.05, 3.63) is 59.2 Å². The van der Waals surface area contributed by atoms with Crippen LogP contribution in [0.2, 0.25) is 0 Å². The molecule has 1 aromatic heterocycles. The smallest absolute Gasteiger partial charge is 0.355 e. The first-order chi connectivity index (χ1) is 11.4. The van der Waals surface area contributed by atoms with Crippen LogP contribution >= 0.6 is 0 Å². The maximum Gasteiger partial charge on any atom is 0.355 e. The Morgan fingerprint density at radius 2 is 1.92 bits per heavy atom. The molecule has 0 aliphatic heterocycles. The van der Waals surface area contributed by atoms with E-state index in [-0.39, 0.29) is 23.8 Å². The van der Waals surface area contributed by atoms with Gasteiger partial charge in [0.1, 0.15) is 11.5 Å². The monoisotopic (exact) mass is 332 g/mol. The molecule has 1 aromatic carbocycles. The normalized spacial score (nSPS) is 11.6. The molecule has 1 amide bonds. The molecular formula is C17H17FN2O4. The quantitative estimate of drug-likeness (QED) is 0.627. The highest BCUT2D eigenvalue weighted by Gasteiger charge is 2.20. The van der Waals surface area contributed by atoms with Gasteiger partial charge in [0.15, 0.2) is 11.9 Å². The summed E-state index contributed by atoms with van der Waals surface area (Å²) in [4.78, 5) is 37.7. The molecule has 0 aliphatic carbocycles. The maximum atomic E-state index is 12.8. The number of carbonyl (C=O) groups is 3. The van der Waals surface area contributed by atoms with Crippen molar-refractivity contribution in [3.8, 4) is 0 Å². The summed E-state index contributed by atoms with van der Waals surface area (Å²) in [6.07, 6.45) is 0.389. The number of nitrogens with one attached hydrogen (secondary N) is 2. The third kappa shape index (κ3) is 4.52. The summed E-state index contributed by atoms with van der Waals surface area (Å²) in [7, 11) is 0. The van der Waals surface area contributed by atoms with E-state index in [1.54, 1.807) is 12.1 Å². The average Bonchev–Trinajstić information content (AvgIpc) is 3.04. The van der Waals surface area contributed by atoms with E-state index in [0.717, 1.165) is 5.56 Å². The molecule has 0 spiro atoms. The van der Waals surface area contributed by atoms with Crippen LogP contribution in [0.1, 0.15) is 40.3 Å². The fraction of sp³-hybridized carbons (Fsp3) is 0.235. The van der Waals surface area contributed by atoms with Crippen LogP contribution in [-0.4, -0.2) is 28.7 Å². The number of Topliss-reactive ketones (excluding diaryl/α,β-unsaturated/α-hetero) is 1. The van der Waals surface area contributed by atoms with Crippen molar-refractivity contribution in [3.63, 3.8) is 0 Å². The van der Waals surface area contributed by atoms with E-state index in [9.17, 15) is 18.8 Å². The predicted octanol–water partition coefficient (Wildman–Crippen LogP) is 2.22. The summed E-state index contributed by atoms with van der Waals surface area (Å²) in [5, 5.41) is 2.60. The van der Waals surface area contributed by atoms with Crippen LogP contribution in [0.15, 0.2) is 36.5 Å². The Morgan fingerprint density at radius 1 is 1.25 bits per heavy atom. The first-order valence-corrected chi connectivity index (χ1v) is 7.29. The Morgan fingerprint density at radius 3 is 2.50 bits per heavy atom. The largest absolute Gasteiger partial charge is 0.448 e. The summed E-state index contributed by atoms with van der Waals surface area (Å²) in [6, 6.07) is 7.06. The zero-order valence-corrected chi connectivity index (χ0v) is 13.3. The fourth-order valence-corrected chi connectivity index (χ4v) is 1.93. The molecule has 0 bridgehead atoms. The second kappa shape index (κ2) is 7.54. The molecule has 7 heteroatoms. The van der Waals surface area contributed by atoms with Gasteiger partial charge in [-0.25, -0.2) is 9.18 Å². The van der Waals surface area contributed by atoms with Gasteiger partial charge < -0.3 is 15.0 Å². The van der Waals surface area contributed by atoms with E-state index in [0.29, 0.717) is 5.56 Å². The second-order valence-corrected chi connectivity index (χ2v) is 5.25. The number of aromatic amines is 1. The molecule has 0 fully saturated rings. The van der Waals surface area contributed by atoms with E-state index < -0.39 is 18.0 Å². The number of halogens is 1. The minimum absolute atomic E-state index is 0.0957. The molecule has 24 heavy (non-hydrogen) atoms. The lowest BCUT2D eigenvalue weighted by Gasteiger charge is -2.13. The highest BCUT2D eigenvalue weighted by molar-refractivity contribution is 5.98. The Labute approximate surface area is 138 Å². The summed E-state index contributed by atoms with van der Waals surface area (Å²) in [6.45, 7) is 3.01. The Hall–Kier alpha value is -2.96. The Kier molecular flexibility index (Phi) is 5.47. The highest BCUT2D eigenvalue weighted by Crippen LogP contribution is 2.08. The molecule has 0 saturated heterocycles. The molecule has 2 rings (SSSR count). The first kappa shape index (κ1) is 17.4. The lowest BCUT2D eigenvalue weighted by molar-refractivity contribution is -0.129. The summed E-state index contributed by atoms with van der Waals surface area (Å²) in [5.74, 6) is -1.75. The summed E-state index contributed by atoms with van der Waals surface area (Å²) in [5.41, 5.74) is 1.17. The Balaban J connectivity index is 1.87. The zero-order valence-electron chi connectivity index (χ0n) is 13.3. The van der Waals surface area contributed by atoms with Crippen molar-refractivity contribution in [1.82, 2.24) is 10.3 Å². The average molecular weight is 332 g/mol. The zero-order chi connectivity index (χ0) is 17.7. The highest BCUT2D eigenvalue weighted by atomic mass is 19.1. The number of hydrogen-bond acceptors (Lipinski definition) is 4. The number of H-pyrrole nitrogens is 1. The minimum Gasteiger partial charge on any atom is -0.448 e. The van der Waals surface area contributed by atoms with Gasteiger partial charge in [-0.2, -0.15) is 0 Å². The minimum atomic E-state index is -1.01. The lowest BCUT2D eigenvalue weighted by Crippen LogP contribution is -2.35. The molecule has 2 aromatic rings. The molecule has 126 valence electrons. The number of benzene rings is 1. The number of ketones is 1. The molecule has 1 heterocycles. The predicted molar refractivity (Wildman–Crippen MR) is 83.9 cm³/mol. The van der Waals surface area contributed by atoms with Gasteiger partial charge in [0.25, 0.3) is 5.91 Å². The Bertz CT molecular complexity index is 752. The van der Waals surface area contributed by atoms with Crippen LogP contribution in [0, 0.1) is 5.82 Å². The van der Waals surface area contributed by atoms with Gasteiger partial charge in [-0.15, -0.1) is 0 Å². The van der Waals surface area contributed by atoms with Crippen LogP contribution < -0.4 is 5.32 Å². The van der Waals surface area contributed by atoms with Gasteiger partial charge in [0.05, 0.1) is 0 Å². The van der Waals surface area contributed by atoms with E-state index in [4.69, 9.17) is 4.74 Å². The molecule has 0 radical (unpaired) electrons. The third-order valence-corrected chi connectivity index (χ3v) is 3.34. The SMILES string of the molecule is CC(=O)c1c[nH]c(C(=O)O[C@@H](C)C(=O)NCc2ccc(F)cc2)c1. The number of aromatic nitrogens is 1. The van der Waals surface area contributed by atoms with Crippen LogP contribution in [0.4, 0.5) is 4.39 Å². The van der Waals surface area contributed by atoms with Crippen molar-refractivity contribution in [1.29, 1.82) is 0 Å². The van der Waals surface area contributed by atoms with E-state index >= 15 is 0 Å². The van der Waals surface area contributed by atoms with Gasteiger partial charge in [-0.05, 0) is 37.6 Å². The molecule has 6 nitrogen and oxygen atoms in total. The molecule has 2 N–H and O–H groups in total. The van der Waals surface area contributed by atoms with Crippen molar-refractivity contribution in [2.45, 2.75) is 26.5 Å². The number of carbonyl (C=O) groups excluding carboxylic acids is 3. The number of amides is 1. The molecule has 0 aliphatic rings. The van der Waals surface area contributed by atoms with Crippen LogP contribution in [0.25, 0.3) is 0 Å². The number of esters is 1. The second-order valence-electron chi connectivity index (χ2n) is 5.25. The maximum absolute atomic E-state index is 12.8. The van der Waals surface area contributed by atoms with Crippen molar-refractivity contribution >= 4 is 17.7 Å². The van der Waals surface area contributed by atoms with E-state index in [1.165, 1.54) is 38.2 Å². The van der Waals surface area contributed by atoms with Gasteiger partial charge >= 0.3 is 5.97 Å². The standard InChI is InChI=1S/C17H17FN2O4/c1-10(21)13-7-15(19-9-13)17(23)24-11(2)16(22)20-8-12-3-5-14(18)6-4-12/h3-7,9,11,19H,8H2,1-2H3,(H,20,22)/t11-/m0/s1. The van der Waals surface area contributed by atoms with Crippen LogP contribution in [-0.2, 0) is 16.1 Å². The fourth-order valence-electron chi connectivity index (χ4n) is 1.93. The van der Waals surface area contributed by atoms with Crippen LogP contribution in [0.3, 0.4) is 0 Å². The molecule has 0 saturated carbocycles. The van der Waals surface area contributed by atoms with Gasteiger partial charge in [-0.1, -0.05) is 12.1 Å². The molecule has 1 atom stereocenters. The van der Waals surface area contributed by atoms with Crippen LogP contribution in [0.5, 0.6) is 0 Å². The number of rotatable bonds is 6. The summed E-state index contributed by atoms with van der Waals surface area (Å²) < 4.78 is 17.8. The molecule has 0 unspecified atom stereocenters.